The van der Waals surface area contributed by atoms with E-state index in [9.17, 15) is 9.59 Å². The Morgan fingerprint density at radius 1 is 1.00 bits per heavy atom. The summed E-state index contributed by atoms with van der Waals surface area (Å²) in [5.41, 5.74) is 2.53. The molecular formula is C23H23N5O3. The number of hydrogen-bond donors (Lipinski definition) is 1. The number of rotatable bonds is 8. The summed E-state index contributed by atoms with van der Waals surface area (Å²) >= 11 is 0. The normalized spacial score (nSPS) is 10.9. The second kappa shape index (κ2) is 9.25. The van der Waals surface area contributed by atoms with Crippen molar-refractivity contribution >= 4 is 22.8 Å². The van der Waals surface area contributed by atoms with Crippen LogP contribution in [0, 0.1) is 0 Å². The number of aryl methyl sites for hydroxylation is 2. The number of hydrogen-bond acceptors (Lipinski definition) is 5. The molecule has 0 saturated carbocycles. The molecule has 158 valence electrons. The molecule has 0 radical (unpaired) electrons. The fourth-order valence-corrected chi connectivity index (χ4v) is 3.44. The molecule has 0 spiro atoms. The predicted molar refractivity (Wildman–Crippen MR) is 118 cm³/mol. The highest BCUT2D eigenvalue weighted by Gasteiger charge is 2.14. The van der Waals surface area contributed by atoms with E-state index in [1.807, 2.05) is 43.3 Å². The zero-order valence-electron chi connectivity index (χ0n) is 17.2. The molecule has 3 heterocycles. The molecule has 3 aromatic heterocycles. The molecule has 8 nitrogen and oxygen atoms in total. The van der Waals surface area contributed by atoms with Crippen molar-refractivity contribution in [1.29, 1.82) is 0 Å². The number of aromatic nitrogens is 4. The van der Waals surface area contributed by atoms with Crippen molar-refractivity contribution in [2.75, 3.05) is 5.32 Å². The highest BCUT2D eigenvalue weighted by molar-refractivity contribution is 5.91. The first kappa shape index (κ1) is 20.3. The van der Waals surface area contributed by atoms with Crippen LogP contribution in [-0.4, -0.2) is 25.0 Å². The first-order valence-electron chi connectivity index (χ1n) is 10.1. The lowest BCUT2D eigenvalue weighted by molar-refractivity contribution is -0.116. The largest absolute Gasteiger partial charge is 0.485 e. The zero-order chi connectivity index (χ0) is 21.6. The SMILES string of the molecule is CCn1c(=O)n(CCC(=O)Nc2ncccc2OCc2ccncc2)c2ccccc21. The van der Waals surface area contributed by atoms with Crippen LogP contribution >= 0.6 is 0 Å². The molecule has 8 heteroatoms. The summed E-state index contributed by atoms with van der Waals surface area (Å²) in [6.45, 7) is 3.12. The van der Waals surface area contributed by atoms with Crippen LogP contribution in [0.2, 0.25) is 0 Å². The number of amides is 1. The van der Waals surface area contributed by atoms with E-state index >= 15 is 0 Å². The van der Waals surface area contributed by atoms with Crippen LogP contribution in [0.3, 0.4) is 0 Å². The van der Waals surface area contributed by atoms with Gasteiger partial charge in [0, 0.05) is 38.1 Å². The summed E-state index contributed by atoms with van der Waals surface area (Å²) in [6.07, 6.45) is 5.12. The maximum Gasteiger partial charge on any atom is 0.329 e. The van der Waals surface area contributed by atoms with E-state index in [4.69, 9.17) is 4.74 Å². The number of nitrogens with zero attached hydrogens (tertiary/aromatic N) is 4. The Hall–Kier alpha value is -3.94. The van der Waals surface area contributed by atoms with Crippen molar-refractivity contribution in [2.24, 2.45) is 0 Å². The third kappa shape index (κ3) is 4.48. The molecule has 0 aliphatic carbocycles. The van der Waals surface area contributed by atoms with Crippen molar-refractivity contribution in [3.05, 3.63) is 83.2 Å². The predicted octanol–water partition coefficient (Wildman–Crippen LogP) is 3.22. The molecule has 31 heavy (non-hydrogen) atoms. The first-order valence-corrected chi connectivity index (χ1v) is 10.1. The van der Waals surface area contributed by atoms with E-state index in [2.05, 4.69) is 15.3 Å². The van der Waals surface area contributed by atoms with Gasteiger partial charge in [0.15, 0.2) is 11.6 Å². The van der Waals surface area contributed by atoms with Crippen molar-refractivity contribution in [3.8, 4) is 5.75 Å². The van der Waals surface area contributed by atoms with Gasteiger partial charge in [0.1, 0.15) is 6.61 Å². The monoisotopic (exact) mass is 417 g/mol. The third-order valence-electron chi connectivity index (χ3n) is 4.98. The Morgan fingerprint density at radius 2 is 1.74 bits per heavy atom. The molecule has 0 unspecified atom stereocenters. The van der Waals surface area contributed by atoms with Crippen LogP contribution in [0.5, 0.6) is 5.75 Å². The highest BCUT2D eigenvalue weighted by Crippen LogP contribution is 2.22. The number of nitrogens with one attached hydrogen (secondary N) is 1. The van der Waals surface area contributed by atoms with E-state index in [0.29, 0.717) is 24.7 Å². The fraction of sp³-hybridized carbons (Fsp3) is 0.217. The molecule has 0 fully saturated rings. The molecule has 0 aliphatic heterocycles. The topological polar surface area (TPSA) is 91.0 Å². The van der Waals surface area contributed by atoms with Crippen molar-refractivity contribution < 1.29 is 9.53 Å². The highest BCUT2D eigenvalue weighted by atomic mass is 16.5. The minimum atomic E-state index is -0.243. The molecule has 1 aromatic carbocycles. The lowest BCUT2D eigenvalue weighted by Gasteiger charge is -2.11. The number of ether oxygens (including phenoxy) is 1. The Bertz CT molecular complexity index is 1250. The Balaban J connectivity index is 1.44. The van der Waals surface area contributed by atoms with Gasteiger partial charge in [-0.05, 0) is 48.9 Å². The third-order valence-corrected chi connectivity index (χ3v) is 4.98. The van der Waals surface area contributed by atoms with E-state index in [-0.39, 0.29) is 24.6 Å². The van der Waals surface area contributed by atoms with Crippen LogP contribution in [0.15, 0.2) is 71.9 Å². The summed E-state index contributed by atoms with van der Waals surface area (Å²) < 4.78 is 9.16. The molecule has 1 N–H and O–H groups in total. The minimum Gasteiger partial charge on any atom is -0.485 e. The maximum atomic E-state index is 12.7. The summed E-state index contributed by atoms with van der Waals surface area (Å²) in [4.78, 5) is 33.5. The minimum absolute atomic E-state index is 0.115. The first-order chi connectivity index (χ1) is 15.2. The number of para-hydroxylation sites is 2. The lowest BCUT2D eigenvalue weighted by atomic mass is 10.3. The number of carbonyl (C=O) groups is 1. The number of pyridine rings is 2. The second-order valence-electron chi connectivity index (χ2n) is 6.96. The summed E-state index contributed by atoms with van der Waals surface area (Å²) in [5.74, 6) is 0.588. The number of carbonyl (C=O) groups excluding carboxylic acids is 1. The standard InChI is InChI=1S/C23H23N5O3/c1-2-27-18-6-3-4-7-19(18)28(23(27)30)15-11-21(29)26-22-20(8-5-12-25-22)31-16-17-9-13-24-14-10-17/h3-10,12-14H,2,11,15-16H2,1H3,(H,25,26,29). The van der Waals surface area contributed by atoms with E-state index < -0.39 is 0 Å². The van der Waals surface area contributed by atoms with Crippen molar-refractivity contribution in [3.63, 3.8) is 0 Å². The van der Waals surface area contributed by atoms with Gasteiger partial charge in [-0.15, -0.1) is 0 Å². The quantitative estimate of drug-likeness (QED) is 0.475. The van der Waals surface area contributed by atoms with E-state index in [0.717, 1.165) is 16.6 Å². The molecule has 1 amide bonds. The second-order valence-corrected chi connectivity index (χ2v) is 6.96. The maximum absolute atomic E-state index is 12.7. The Labute approximate surface area is 179 Å². The lowest BCUT2D eigenvalue weighted by Crippen LogP contribution is -2.26. The molecule has 0 bridgehead atoms. The number of fused-ring (bicyclic) bond motifs is 1. The average molecular weight is 417 g/mol. The van der Waals surface area contributed by atoms with Crippen molar-refractivity contribution in [1.82, 2.24) is 19.1 Å². The van der Waals surface area contributed by atoms with Gasteiger partial charge >= 0.3 is 5.69 Å². The molecule has 4 rings (SSSR count). The van der Waals surface area contributed by atoms with Gasteiger partial charge in [-0.1, -0.05) is 12.1 Å². The zero-order valence-corrected chi connectivity index (χ0v) is 17.2. The van der Waals surface area contributed by atoms with Gasteiger partial charge in [0.25, 0.3) is 0 Å². The average Bonchev–Trinajstić information content (AvgIpc) is 3.08. The smallest absolute Gasteiger partial charge is 0.329 e. The van der Waals surface area contributed by atoms with Crippen LogP contribution in [0.1, 0.15) is 18.9 Å². The van der Waals surface area contributed by atoms with Crippen LogP contribution in [-0.2, 0) is 24.5 Å². The Kier molecular flexibility index (Phi) is 6.07. The Morgan fingerprint density at radius 3 is 2.48 bits per heavy atom. The molecule has 0 aliphatic rings. The molecule has 0 atom stereocenters. The van der Waals surface area contributed by atoms with Crippen LogP contribution < -0.4 is 15.7 Å². The van der Waals surface area contributed by atoms with E-state index in [1.165, 1.54) is 0 Å². The number of anilines is 1. The number of benzene rings is 1. The van der Waals surface area contributed by atoms with Gasteiger partial charge in [-0.25, -0.2) is 9.78 Å². The van der Waals surface area contributed by atoms with Gasteiger partial charge < -0.3 is 10.1 Å². The van der Waals surface area contributed by atoms with E-state index in [1.54, 1.807) is 39.9 Å². The van der Waals surface area contributed by atoms with Gasteiger partial charge in [0.05, 0.1) is 11.0 Å². The summed E-state index contributed by atoms with van der Waals surface area (Å²) in [5, 5.41) is 2.80. The van der Waals surface area contributed by atoms with Crippen molar-refractivity contribution in [2.45, 2.75) is 33.0 Å². The molecule has 4 aromatic rings. The summed E-state index contributed by atoms with van der Waals surface area (Å²) in [7, 11) is 0. The van der Waals surface area contributed by atoms with Gasteiger partial charge in [-0.3, -0.25) is 18.9 Å². The molecule has 0 saturated heterocycles. The van der Waals surface area contributed by atoms with Crippen LogP contribution in [0.25, 0.3) is 11.0 Å². The van der Waals surface area contributed by atoms with Crippen LogP contribution in [0.4, 0.5) is 5.82 Å². The fourth-order valence-electron chi connectivity index (χ4n) is 3.44. The van der Waals surface area contributed by atoms with Gasteiger partial charge in [-0.2, -0.15) is 0 Å². The molecular weight excluding hydrogens is 394 g/mol. The number of imidazole rings is 1. The summed E-state index contributed by atoms with van der Waals surface area (Å²) in [6, 6.07) is 14.8. The van der Waals surface area contributed by atoms with Gasteiger partial charge in [0.2, 0.25) is 5.91 Å².